The summed E-state index contributed by atoms with van der Waals surface area (Å²) in [4.78, 5) is 23.5. The number of fused-ring (bicyclic) bond motifs is 1. The third-order valence-electron chi connectivity index (χ3n) is 3.08. The number of ether oxygens (including phenoxy) is 3. The van der Waals surface area contributed by atoms with E-state index in [4.69, 9.17) is 14.2 Å². The van der Waals surface area contributed by atoms with Gasteiger partial charge in [-0.1, -0.05) is 12.1 Å². The number of halogens is 1. The van der Waals surface area contributed by atoms with Gasteiger partial charge in [0.1, 0.15) is 5.82 Å². The molecule has 0 aliphatic carbocycles. The number of hydrogen-bond donors (Lipinski definition) is 1. The smallest absolute Gasteiger partial charge is 0.341 e. The Balaban J connectivity index is 1.56. The molecule has 118 valence electrons. The van der Waals surface area contributed by atoms with Gasteiger partial charge >= 0.3 is 5.97 Å². The average Bonchev–Trinajstić information content (AvgIpc) is 3.01. The van der Waals surface area contributed by atoms with Crippen LogP contribution in [0.2, 0.25) is 0 Å². The molecule has 1 aliphatic heterocycles. The zero-order valence-corrected chi connectivity index (χ0v) is 11.9. The summed E-state index contributed by atoms with van der Waals surface area (Å²) in [5.74, 6) is -1.04. The van der Waals surface area contributed by atoms with Crippen LogP contribution in [-0.4, -0.2) is 25.3 Å². The van der Waals surface area contributed by atoms with Gasteiger partial charge in [0.15, 0.2) is 18.1 Å². The Kier molecular flexibility index (Phi) is 4.09. The molecule has 23 heavy (non-hydrogen) atoms. The van der Waals surface area contributed by atoms with E-state index < -0.39 is 24.3 Å². The highest BCUT2D eigenvalue weighted by atomic mass is 19.1. The number of carbonyl (C=O) groups excluding carboxylic acids is 2. The summed E-state index contributed by atoms with van der Waals surface area (Å²) in [5.41, 5.74) is 0.254. The second kappa shape index (κ2) is 6.35. The van der Waals surface area contributed by atoms with Crippen LogP contribution >= 0.6 is 0 Å². The average molecular weight is 317 g/mol. The number of anilines is 1. The first-order valence-corrected chi connectivity index (χ1v) is 6.74. The van der Waals surface area contributed by atoms with Crippen molar-refractivity contribution < 1.29 is 28.2 Å². The minimum atomic E-state index is -0.899. The molecule has 0 atom stereocenters. The molecule has 6 nitrogen and oxygen atoms in total. The van der Waals surface area contributed by atoms with Crippen molar-refractivity contribution in [2.24, 2.45) is 0 Å². The maximum atomic E-state index is 13.4. The Morgan fingerprint density at radius 1 is 1.13 bits per heavy atom. The van der Waals surface area contributed by atoms with Gasteiger partial charge in [0, 0.05) is 11.8 Å². The molecule has 0 radical (unpaired) electrons. The molecular formula is C16H12FNO5. The standard InChI is InChI=1S/C16H12FNO5/c17-12-4-2-1-3-11(12)16(20)21-8-15(19)18-10-5-6-13-14(7-10)23-9-22-13/h1-7H,8-9H2,(H,18,19). The van der Waals surface area contributed by atoms with Crippen molar-refractivity contribution in [1.82, 2.24) is 0 Å². The quantitative estimate of drug-likeness (QED) is 0.876. The van der Waals surface area contributed by atoms with Crippen LogP contribution in [0.1, 0.15) is 10.4 Å². The zero-order valence-electron chi connectivity index (χ0n) is 11.9. The summed E-state index contributed by atoms with van der Waals surface area (Å²) < 4.78 is 28.5. The molecule has 3 rings (SSSR count). The molecule has 1 N–H and O–H groups in total. The summed E-state index contributed by atoms with van der Waals surface area (Å²) in [6.45, 7) is -0.394. The molecular weight excluding hydrogens is 305 g/mol. The number of esters is 1. The number of rotatable bonds is 4. The van der Waals surface area contributed by atoms with Crippen molar-refractivity contribution in [3.63, 3.8) is 0 Å². The van der Waals surface area contributed by atoms with E-state index in [9.17, 15) is 14.0 Å². The van der Waals surface area contributed by atoms with E-state index >= 15 is 0 Å². The Labute approximate surface area is 130 Å². The van der Waals surface area contributed by atoms with Gasteiger partial charge in [-0.3, -0.25) is 4.79 Å². The van der Waals surface area contributed by atoms with Crippen molar-refractivity contribution in [2.45, 2.75) is 0 Å². The zero-order chi connectivity index (χ0) is 16.2. The van der Waals surface area contributed by atoms with E-state index in [0.29, 0.717) is 17.2 Å². The maximum absolute atomic E-state index is 13.4. The lowest BCUT2D eigenvalue weighted by Gasteiger charge is -2.07. The van der Waals surface area contributed by atoms with E-state index in [1.165, 1.54) is 18.2 Å². The molecule has 0 saturated heterocycles. The summed E-state index contributed by atoms with van der Waals surface area (Å²) in [6, 6.07) is 10.3. The predicted octanol–water partition coefficient (Wildman–Crippen LogP) is 2.35. The highest BCUT2D eigenvalue weighted by Crippen LogP contribution is 2.34. The molecule has 0 aromatic heterocycles. The molecule has 0 unspecified atom stereocenters. The lowest BCUT2D eigenvalue weighted by molar-refractivity contribution is -0.119. The molecule has 0 spiro atoms. The fraction of sp³-hybridized carbons (Fsp3) is 0.125. The molecule has 1 amide bonds. The van der Waals surface area contributed by atoms with Gasteiger partial charge in [0.2, 0.25) is 6.79 Å². The van der Waals surface area contributed by atoms with Crippen LogP contribution in [0.15, 0.2) is 42.5 Å². The first-order chi connectivity index (χ1) is 11.1. The number of amides is 1. The SMILES string of the molecule is O=C(COC(=O)c1ccccc1F)Nc1ccc2c(c1)OCO2. The summed E-state index contributed by atoms with van der Waals surface area (Å²) >= 11 is 0. The van der Waals surface area contributed by atoms with Gasteiger partial charge in [-0.15, -0.1) is 0 Å². The van der Waals surface area contributed by atoms with Crippen molar-refractivity contribution in [3.8, 4) is 11.5 Å². The summed E-state index contributed by atoms with van der Waals surface area (Å²) in [5, 5.41) is 2.55. The van der Waals surface area contributed by atoms with Crippen LogP contribution in [0.3, 0.4) is 0 Å². The minimum absolute atomic E-state index is 0.132. The van der Waals surface area contributed by atoms with Crippen LogP contribution in [0.4, 0.5) is 10.1 Å². The molecule has 0 fully saturated rings. The third-order valence-corrected chi connectivity index (χ3v) is 3.08. The van der Waals surface area contributed by atoms with Crippen LogP contribution in [-0.2, 0) is 9.53 Å². The molecule has 1 heterocycles. The Hall–Kier alpha value is -3.09. The van der Waals surface area contributed by atoms with Crippen molar-refractivity contribution in [1.29, 1.82) is 0 Å². The highest BCUT2D eigenvalue weighted by molar-refractivity contribution is 5.95. The molecule has 2 aromatic rings. The van der Waals surface area contributed by atoms with Crippen LogP contribution in [0.25, 0.3) is 0 Å². The molecule has 2 aromatic carbocycles. The molecule has 1 aliphatic rings. The van der Waals surface area contributed by atoms with E-state index in [1.54, 1.807) is 18.2 Å². The van der Waals surface area contributed by atoms with Crippen molar-refractivity contribution in [3.05, 3.63) is 53.8 Å². The monoisotopic (exact) mass is 317 g/mol. The number of benzene rings is 2. The first-order valence-electron chi connectivity index (χ1n) is 6.74. The summed E-state index contributed by atoms with van der Waals surface area (Å²) in [6.07, 6.45) is 0. The fourth-order valence-corrected chi connectivity index (χ4v) is 2.01. The van der Waals surface area contributed by atoms with E-state index in [-0.39, 0.29) is 12.4 Å². The lowest BCUT2D eigenvalue weighted by atomic mass is 10.2. The molecule has 7 heteroatoms. The van der Waals surface area contributed by atoms with Gasteiger partial charge in [0.25, 0.3) is 5.91 Å². The van der Waals surface area contributed by atoms with Gasteiger partial charge in [-0.25, -0.2) is 9.18 Å². The van der Waals surface area contributed by atoms with Gasteiger partial charge in [0.05, 0.1) is 5.56 Å². The predicted molar refractivity (Wildman–Crippen MR) is 77.9 cm³/mol. The van der Waals surface area contributed by atoms with Crippen molar-refractivity contribution >= 4 is 17.6 Å². The molecule has 0 saturated carbocycles. The second-order valence-electron chi connectivity index (χ2n) is 4.67. The van der Waals surface area contributed by atoms with E-state index in [1.807, 2.05) is 0 Å². The van der Waals surface area contributed by atoms with Crippen LogP contribution < -0.4 is 14.8 Å². The van der Waals surface area contributed by atoms with E-state index in [0.717, 1.165) is 6.07 Å². The number of nitrogens with one attached hydrogen (secondary N) is 1. The minimum Gasteiger partial charge on any atom is -0.454 e. The topological polar surface area (TPSA) is 73.9 Å². The Morgan fingerprint density at radius 3 is 2.74 bits per heavy atom. The second-order valence-corrected chi connectivity index (χ2v) is 4.67. The highest BCUT2D eigenvalue weighted by Gasteiger charge is 2.16. The van der Waals surface area contributed by atoms with Crippen LogP contribution in [0.5, 0.6) is 11.5 Å². The van der Waals surface area contributed by atoms with Crippen molar-refractivity contribution in [2.75, 3.05) is 18.7 Å². The first kappa shape index (κ1) is 14.8. The Bertz CT molecular complexity index is 762. The summed E-state index contributed by atoms with van der Waals surface area (Å²) in [7, 11) is 0. The lowest BCUT2D eigenvalue weighted by Crippen LogP contribution is -2.21. The fourth-order valence-electron chi connectivity index (χ4n) is 2.01. The largest absolute Gasteiger partial charge is 0.454 e. The van der Waals surface area contributed by atoms with Gasteiger partial charge in [-0.2, -0.15) is 0 Å². The third kappa shape index (κ3) is 3.39. The van der Waals surface area contributed by atoms with E-state index in [2.05, 4.69) is 5.32 Å². The van der Waals surface area contributed by atoms with Crippen LogP contribution in [0, 0.1) is 5.82 Å². The van der Waals surface area contributed by atoms with Gasteiger partial charge < -0.3 is 19.5 Å². The molecule has 0 bridgehead atoms. The normalized spacial score (nSPS) is 11.9. The maximum Gasteiger partial charge on any atom is 0.341 e. The number of carbonyl (C=O) groups is 2. The van der Waals surface area contributed by atoms with Gasteiger partial charge in [-0.05, 0) is 24.3 Å². The Morgan fingerprint density at radius 2 is 1.91 bits per heavy atom. The number of hydrogen-bond acceptors (Lipinski definition) is 5.